The Kier molecular flexibility index (Phi) is 3.57. The average Bonchev–Trinajstić information content (AvgIpc) is 2.93. The topological polar surface area (TPSA) is 90.8 Å². The highest BCUT2D eigenvalue weighted by atomic mass is 16.6. The first kappa shape index (κ1) is 13.6. The van der Waals surface area contributed by atoms with E-state index in [0.717, 1.165) is 6.42 Å². The van der Waals surface area contributed by atoms with Crippen LogP contribution in [0.4, 0.5) is 0 Å². The molecule has 1 aliphatic heterocycles. The highest BCUT2D eigenvalue weighted by Gasteiger charge is 2.21. The molecule has 1 saturated heterocycles. The van der Waals surface area contributed by atoms with E-state index in [2.05, 4.69) is 9.97 Å². The van der Waals surface area contributed by atoms with Gasteiger partial charge in [0.1, 0.15) is 12.4 Å². The minimum Gasteiger partial charge on any atom is -0.493 e. The molecule has 2 heterocycles. The van der Waals surface area contributed by atoms with Crippen LogP contribution in [0.5, 0.6) is 17.4 Å². The predicted molar refractivity (Wildman–Crippen MR) is 72.4 cm³/mol. The Labute approximate surface area is 120 Å². The van der Waals surface area contributed by atoms with Crippen LogP contribution in [-0.4, -0.2) is 40.4 Å². The number of esters is 1. The van der Waals surface area contributed by atoms with E-state index in [9.17, 15) is 9.90 Å². The van der Waals surface area contributed by atoms with Crippen molar-refractivity contribution < 1.29 is 24.1 Å². The molecule has 7 heteroatoms. The van der Waals surface area contributed by atoms with Crippen molar-refractivity contribution in [3.8, 4) is 17.4 Å². The van der Waals surface area contributed by atoms with Crippen molar-refractivity contribution in [2.75, 3.05) is 13.2 Å². The van der Waals surface area contributed by atoms with E-state index < -0.39 is 5.97 Å². The van der Waals surface area contributed by atoms with Gasteiger partial charge < -0.3 is 19.3 Å². The molecule has 0 aliphatic carbocycles. The monoisotopic (exact) mass is 290 g/mol. The van der Waals surface area contributed by atoms with Crippen molar-refractivity contribution in [3.63, 3.8) is 0 Å². The number of fused-ring (bicyclic) bond motifs is 1. The minimum atomic E-state index is -0.458. The molecule has 0 unspecified atom stereocenters. The number of benzene rings is 1. The van der Waals surface area contributed by atoms with Gasteiger partial charge in [0.25, 0.3) is 0 Å². The fourth-order valence-electron chi connectivity index (χ4n) is 2.16. The first-order chi connectivity index (χ1) is 10.1. The zero-order chi connectivity index (χ0) is 14.8. The third-order valence-electron chi connectivity index (χ3n) is 3.12. The molecule has 1 fully saturated rings. The zero-order valence-corrected chi connectivity index (χ0v) is 11.4. The van der Waals surface area contributed by atoms with Gasteiger partial charge in [-0.15, -0.1) is 0 Å². The molecule has 0 spiro atoms. The lowest BCUT2D eigenvalue weighted by Crippen LogP contribution is -2.16. The number of aromatic nitrogens is 2. The van der Waals surface area contributed by atoms with E-state index in [1.54, 1.807) is 12.1 Å². The van der Waals surface area contributed by atoms with Crippen molar-refractivity contribution in [1.29, 1.82) is 0 Å². The highest BCUT2D eigenvalue weighted by molar-refractivity contribution is 5.87. The van der Waals surface area contributed by atoms with Gasteiger partial charge in [-0.3, -0.25) is 4.79 Å². The quantitative estimate of drug-likeness (QED) is 0.675. The second kappa shape index (κ2) is 5.53. The lowest BCUT2D eigenvalue weighted by atomic mass is 10.2. The van der Waals surface area contributed by atoms with Crippen molar-refractivity contribution in [2.24, 2.45) is 0 Å². The maximum absolute atomic E-state index is 11.2. The van der Waals surface area contributed by atoms with Crippen molar-refractivity contribution in [2.45, 2.75) is 19.4 Å². The summed E-state index contributed by atoms with van der Waals surface area (Å²) in [5.41, 5.74) is 0.466. The molecular weight excluding hydrogens is 276 g/mol. The average molecular weight is 290 g/mol. The molecule has 0 amide bonds. The summed E-state index contributed by atoms with van der Waals surface area (Å²) in [5.74, 6) is 0.0142. The Balaban J connectivity index is 2.04. The summed E-state index contributed by atoms with van der Waals surface area (Å²) in [4.78, 5) is 19.0. The first-order valence-corrected chi connectivity index (χ1v) is 6.54. The van der Waals surface area contributed by atoms with Gasteiger partial charge in [0.05, 0.1) is 24.1 Å². The standard InChI is InChI=1S/C14H14N2O5/c1-8(17)20-13-5-11-10(14(18)16-7-15-11)4-12(13)21-9-2-3-19-6-9/h4-5,7,9H,2-3,6H2,1H3,(H,15,16,18)/t9-/m0/s1. The molecule has 7 nitrogen and oxygen atoms in total. The molecule has 1 N–H and O–H groups in total. The van der Waals surface area contributed by atoms with Crippen LogP contribution in [-0.2, 0) is 9.53 Å². The molecule has 1 aliphatic rings. The number of carbonyl (C=O) groups excluding carboxylic acids is 1. The van der Waals surface area contributed by atoms with Crippen molar-refractivity contribution in [3.05, 3.63) is 18.5 Å². The lowest BCUT2D eigenvalue weighted by Gasteiger charge is -2.15. The number of carbonyl (C=O) groups is 1. The second-order valence-electron chi connectivity index (χ2n) is 4.71. The first-order valence-electron chi connectivity index (χ1n) is 6.54. The van der Waals surface area contributed by atoms with E-state index >= 15 is 0 Å². The van der Waals surface area contributed by atoms with E-state index in [1.807, 2.05) is 0 Å². The largest absolute Gasteiger partial charge is 0.493 e. The molecule has 1 aromatic heterocycles. The summed E-state index contributed by atoms with van der Waals surface area (Å²) in [6.45, 7) is 2.43. The smallest absolute Gasteiger partial charge is 0.308 e. The van der Waals surface area contributed by atoms with Gasteiger partial charge >= 0.3 is 5.97 Å². The number of rotatable bonds is 3. The van der Waals surface area contributed by atoms with E-state index in [4.69, 9.17) is 14.2 Å². The molecule has 1 aromatic carbocycles. The molecule has 2 aromatic rings. The number of hydrogen-bond donors (Lipinski definition) is 1. The van der Waals surface area contributed by atoms with Gasteiger partial charge in [-0.25, -0.2) is 9.97 Å². The van der Waals surface area contributed by atoms with Crippen LogP contribution in [0.1, 0.15) is 13.3 Å². The third-order valence-corrected chi connectivity index (χ3v) is 3.12. The molecule has 21 heavy (non-hydrogen) atoms. The SMILES string of the molecule is CC(=O)Oc1cc2ncnc(O)c2cc1O[C@H]1CCOC1. The normalized spacial score (nSPS) is 17.9. The predicted octanol–water partition coefficient (Wildman–Crippen LogP) is 1.43. The van der Waals surface area contributed by atoms with Crippen LogP contribution in [0.15, 0.2) is 18.5 Å². The van der Waals surface area contributed by atoms with Gasteiger partial charge in [-0.05, 0) is 6.07 Å². The highest BCUT2D eigenvalue weighted by Crippen LogP contribution is 2.35. The molecule has 1 atom stereocenters. The Morgan fingerprint density at radius 3 is 2.95 bits per heavy atom. The van der Waals surface area contributed by atoms with E-state index in [-0.39, 0.29) is 17.7 Å². The van der Waals surface area contributed by atoms with Gasteiger partial charge in [-0.2, -0.15) is 0 Å². The third kappa shape index (κ3) is 2.87. The van der Waals surface area contributed by atoms with Crippen LogP contribution in [0.2, 0.25) is 0 Å². The molecule has 0 radical (unpaired) electrons. The molecule has 0 saturated carbocycles. The molecule has 0 bridgehead atoms. The maximum atomic E-state index is 11.2. The van der Waals surface area contributed by atoms with Crippen LogP contribution in [0.3, 0.4) is 0 Å². The number of nitrogens with zero attached hydrogens (tertiary/aromatic N) is 2. The number of hydrogen-bond acceptors (Lipinski definition) is 7. The zero-order valence-electron chi connectivity index (χ0n) is 11.4. The minimum absolute atomic E-state index is 0.108. The summed E-state index contributed by atoms with van der Waals surface area (Å²) in [7, 11) is 0. The van der Waals surface area contributed by atoms with Crippen LogP contribution in [0, 0.1) is 0 Å². The summed E-state index contributed by atoms with van der Waals surface area (Å²) in [6, 6.07) is 3.12. The Bertz CT molecular complexity index is 682. The maximum Gasteiger partial charge on any atom is 0.308 e. The Hall–Kier alpha value is -2.41. The lowest BCUT2D eigenvalue weighted by molar-refractivity contribution is -0.132. The summed E-state index contributed by atoms with van der Waals surface area (Å²) >= 11 is 0. The fourth-order valence-corrected chi connectivity index (χ4v) is 2.16. The fraction of sp³-hybridized carbons (Fsp3) is 0.357. The summed E-state index contributed by atoms with van der Waals surface area (Å²) in [6.07, 6.45) is 1.89. The second-order valence-corrected chi connectivity index (χ2v) is 4.71. The Morgan fingerprint density at radius 1 is 1.38 bits per heavy atom. The van der Waals surface area contributed by atoms with Crippen LogP contribution >= 0.6 is 0 Å². The molecule has 3 rings (SSSR count). The van der Waals surface area contributed by atoms with Gasteiger partial charge in [-0.1, -0.05) is 0 Å². The van der Waals surface area contributed by atoms with Crippen molar-refractivity contribution in [1.82, 2.24) is 9.97 Å². The summed E-state index contributed by atoms with van der Waals surface area (Å²) < 4.78 is 16.2. The van der Waals surface area contributed by atoms with Gasteiger partial charge in [0.15, 0.2) is 11.5 Å². The van der Waals surface area contributed by atoms with Crippen LogP contribution < -0.4 is 9.47 Å². The van der Waals surface area contributed by atoms with Gasteiger partial charge in [0.2, 0.25) is 5.88 Å². The van der Waals surface area contributed by atoms with Gasteiger partial charge in [0, 0.05) is 19.4 Å². The molecule has 110 valence electrons. The molecular formula is C14H14N2O5. The van der Waals surface area contributed by atoms with E-state index in [0.29, 0.717) is 29.9 Å². The summed E-state index contributed by atoms with van der Waals surface area (Å²) in [5, 5.41) is 10.2. The number of ether oxygens (including phenoxy) is 3. The number of aromatic hydroxyl groups is 1. The van der Waals surface area contributed by atoms with Crippen LogP contribution in [0.25, 0.3) is 10.9 Å². The Morgan fingerprint density at radius 2 is 2.24 bits per heavy atom. The van der Waals surface area contributed by atoms with E-state index in [1.165, 1.54) is 13.3 Å². The van der Waals surface area contributed by atoms with Crippen molar-refractivity contribution >= 4 is 16.9 Å².